The second kappa shape index (κ2) is 3.12. The summed E-state index contributed by atoms with van der Waals surface area (Å²) in [5, 5.41) is 13.5. The Labute approximate surface area is 74.8 Å². The molecule has 5 nitrogen and oxygen atoms in total. The molecule has 0 fully saturated rings. The van der Waals surface area contributed by atoms with Crippen molar-refractivity contribution in [2.75, 3.05) is 6.54 Å². The molecule has 0 bridgehead atoms. The fourth-order valence-electron chi connectivity index (χ4n) is 1.13. The van der Waals surface area contributed by atoms with Crippen LogP contribution in [0.5, 0.6) is 0 Å². The maximum atomic E-state index is 9.40. The largest absolute Gasteiger partial charge is 0.385 e. The summed E-state index contributed by atoms with van der Waals surface area (Å²) in [5.74, 6) is 0. The summed E-state index contributed by atoms with van der Waals surface area (Å²) in [7, 11) is 0. The molecule has 0 amide bonds. The summed E-state index contributed by atoms with van der Waals surface area (Å²) in [5.41, 5.74) is 6.58. The van der Waals surface area contributed by atoms with Crippen LogP contribution in [0.1, 0.15) is 11.8 Å². The monoisotopic (exact) mass is 178 g/mol. The van der Waals surface area contributed by atoms with Crippen molar-refractivity contribution in [3.63, 3.8) is 0 Å². The van der Waals surface area contributed by atoms with E-state index in [1.807, 2.05) is 0 Å². The summed E-state index contributed by atoms with van der Waals surface area (Å²) in [6.45, 7) is 0.171. The van der Waals surface area contributed by atoms with Crippen LogP contribution in [-0.2, 0) is 0 Å². The topological polar surface area (TPSA) is 76.4 Å². The van der Waals surface area contributed by atoms with Gasteiger partial charge in [0.05, 0.1) is 5.69 Å². The number of aromatic nitrogens is 3. The van der Waals surface area contributed by atoms with E-state index in [0.717, 1.165) is 0 Å². The van der Waals surface area contributed by atoms with E-state index in [9.17, 15) is 5.11 Å². The van der Waals surface area contributed by atoms with Gasteiger partial charge in [-0.15, -0.1) is 0 Å². The Hall–Kier alpha value is -1.46. The van der Waals surface area contributed by atoms with Crippen molar-refractivity contribution >= 4 is 5.65 Å². The molecule has 2 heterocycles. The Bertz CT molecular complexity index is 378. The zero-order valence-corrected chi connectivity index (χ0v) is 6.96. The molecule has 0 radical (unpaired) electrons. The zero-order chi connectivity index (χ0) is 9.26. The van der Waals surface area contributed by atoms with Crippen LogP contribution in [0, 0.1) is 0 Å². The number of fused-ring (bicyclic) bond motifs is 1. The van der Waals surface area contributed by atoms with Gasteiger partial charge in [0, 0.05) is 25.0 Å². The molecule has 5 heteroatoms. The van der Waals surface area contributed by atoms with Gasteiger partial charge in [-0.3, -0.25) is 0 Å². The Balaban J connectivity index is 2.49. The van der Waals surface area contributed by atoms with Crippen LogP contribution in [-0.4, -0.2) is 26.2 Å². The van der Waals surface area contributed by atoms with Gasteiger partial charge in [0.1, 0.15) is 6.10 Å². The normalized spacial score (nSPS) is 13.4. The Morgan fingerprint density at radius 1 is 1.62 bits per heavy atom. The third kappa shape index (κ3) is 1.39. The zero-order valence-electron chi connectivity index (χ0n) is 6.96. The van der Waals surface area contributed by atoms with Crippen molar-refractivity contribution in [2.45, 2.75) is 6.10 Å². The van der Waals surface area contributed by atoms with Gasteiger partial charge in [-0.1, -0.05) is 0 Å². The van der Waals surface area contributed by atoms with Crippen LogP contribution in [0.25, 0.3) is 5.65 Å². The van der Waals surface area contributed by atoms with E-state index in [2.05, 4.69) is 10.1 Å². The van der Waals surface area contributed by atoms with Crippen molar-refractivity contribution in [1.29, 1.82) is 0 Å². The van der Waals surface area contributed by atoms with Gasteiger partial charge in [0.25, 0.3) is 0 Å². The first kappa shape index (κ1) is 8.15. The molecular weight excluding hydrogens is 168 g/mol. The lowest BCUT2D eigenvalue weighted by Crippen LogP contribution is -2.11. The van der Waals surface area contributed by atoms with Crippen LogP contribution in [0.4, 0.5) is 0 Å². The van der Waals surface area contributed by atoms with E-state index >= 15 is 0 Å². The maximum absolute atomic E-state index is 9.40. The highest BCUT2D eigenvalue weighted by Gasteiger charge is 2.09. The van der Waals surface area contributed by atoms with Gasteiger partial charge in [0.15, 0.2) is 5.65 Å². The van der Waals surface area contributed by atoms with Crippen LogP contribution < -0.4 is 5.73 Å². The second-order valence-corrected chi connectivity index (χ2v) is 2.74. The van der Waals surface area contributed by atoms with E-state index in [1.54, 1.807) is 29.0 Å². The molecule has 68 valence electrons. The average molecular weight is 178 g/mol. The molecule has 2 rings (SSSR count). The molecule has 0 aliphatic heterocycles. The summed E-state index contributed by atoms with van der Waals surface area (Å²) in [4.78, 5) is 4.07. The molecule has 0 saturated heterocycles. The minimum absolute atomic E-state index is 0.171. The van der Waals surface area contributed by atoms with E-state index in [-0.39, 0.29) is 6.54 Å². The first-order chi connectivity index (χ1) is 6.31. The van der Waals surface area contributed by atoms with Crippen molar-refractivity contribution < 1.29 is 5.11 Å². The highest BCUT2D eigenvalue weighted by molar-refractivity contribution is 5.38. The number of nitrogens with two attached hydrogens (primary N) is 1. The van der Waals surface area contributed by atoms with Crippen LogP contribution >= 0.6 is 0 Å². The number of rotatable bonds is 2. The van der Waals surface area contributed by atoms with E-state index < -0.39 is 6.10 Å². The summed E-state index contributed by atoms with van der Waals surface area (Å²) < 4.78 is 1.61. The summed E-state index contributed by atoms with van der Waals surface area (Å²) >= 11 is 0. The van der Waals surface area contributed by atoms with Gasteiger partial charge < -0.3 is 10.8 Å². The second-order valence-electron chi connectivity index (χ2n) is 2.74. The Morgan fingerprint density at radius 3 is 3.15 bits per heavy atom. The molecular formula is C8H10N4O. The highest BCUT2D eigenvalue weighted by Crippen LogP contribution is 2.10. The number of aliphatic hydroxyl groups is 1. The summed E-state index contributed by atoms with van der Waals surface area (Å²) in [6, 6.07) is 3.50. The Morgan fingerprint density at radius 2 is 2.46 bits per heavy atom. The molecule has 3 N–H and O–H groups in total. The van der Waals surface area contributed by atoms with Gasteiger partial charge in [-0.2, -0.15) is 5.10 Å². The van der Waals surface area contributed by atoms with Gasteiger partial charge in [0.2, 0.25) is 0 Å². The van der Waals surface area contributed by atoms with Gasteiger partial charge in [-0.05, 0) is 6.07 Å². The van der Waals surface area contributed by atoms with Crippen LogP contribution in [0.2, 0.25) is 0 Å². The van der Waals surface area contributed by atoms with E-state index in [1.165, 1.54) is 0 Å². The third-order valence-corrected chi connectivity index (χ3v) is 1.82. The quantitative estimate of drug-likeness (QED) is 0.663. The van der Waals surface area contributed by atoms with Crippen LogP contribution in [0.3, 0.4) is 0 Å². The smallest absolute Gasteiger partial charge is 0.155 e. The SMILES string of the molecule is NCC(O)c1cc2ncccn2n1. The van der Waals surface area contributed by atoms with Crippen molar-refractivity contribution in [3.8, 4) is 0 Å². The van der Waals surface area contributed by atoms with E-state index in [0.29, 0.717) is 11.3 Å². The molecule has 2 aromatic rings. The lowest BCUT2D eigenvalue weighted by atomic mass is 10.2. The minimum Gasteiger partial charge on any atom is -0.385 e. The molecule has 0 spiro atoms. The average Bonchev–Trinajstić information content (AvgIpc) is 2.59. The summed E-state index contributed by atoms with van der Waals surface area (Å²) in [6.07, 6.45) is 2.74. The number of hydrogen-bond acceptors (Lipinski definition) is 4. The molecule has 0 saturated carbocycles. The molecule has 0 aromatic carbocycles. The molecule has 2 aromatic heterocycles. The first-order valence-corrected chi connectivity index (χ1v) is 3.99. The molecule has 0 aliphatic carbocycles. The number of nitrogens with zero attached hydrogens (tertiary/aromatic N) is 3. The predicted molar refractivity (Wildman–Crippen MR) is 47.0 cm³/mol. The fourth-order valence-corrected chi connectivity index (χ4v) is 1.13. The fraction of sp³-hybridized carbons (Fsp3) is 0.250. The van der Waals surface area contributed by atoms with Gasteiger partial charge >= 0.3 is 0 Å². The maximum Gasteiger partial charge on any atom is 0.155 e. The molecule has 13 heavy (non-hydrogen) atoms. The predicted octanol–water partition coefficient (Wildman–Crippen LogP) is -0.279. The lowest BCUT2D eigenvalue weighted by molar-refractivity contribution is 0.181. The van der Waals surface area contributed by atoms with Crippen molar-refractivity contribution in [1.82, 2.24) is 14.6 Å². The van der Waals surface area contributed by atoms with Crippen LogP contribution in [0.15, 0.2) is 24.5 Å². The first-order valence-electron chi connectivity index (χ1n) is 3.99. The lowest BCUT2D eigenvalue weighted by Gasteiger charge is -2.00. The van der Waals surface area contributed by atoms with Crippen molar-refractivity contribution in [2.24, 2.45) is 5.73 Å². The minimum atomic E-state index is -0.707. The highest BCUT2D eigenvalue weighted by atomic mass is 16.3. The third-order valence-electron chi connectivity index (χ3n) is 1.82. The van der Waals surface area contributed by atoms with Gasteiger partial charge in [-0.25, -0.2) is 9.50 Å². The van der Waals surface area contributed by atoms with Crippen molar-refractivity contribution in [3.05, 3.63) is 30.2 Å². The number of aliphatic hydroxyl groups excluding tert-OH is 1. The van der Waals surface area contributed by atoms with E-state index in [4.69, 9.17) is 5.73 Å². The molecule has 0 aliphatic rings. The number of hydrogen-bond donors (Lipinski definition) is 2. The Kier molecular flexibility index (Phi) is 1.96. The molecule has 1 atom stereocenters. The molecule has 1 unspecified atom stereocenters. The standard InChI is InChI=1S/C8H10N4O/c9-5-7(13)6-4-8-10-2-1-3-12(8)11-6/h1-4,7,13H,5,9H2.